The van der Waals surface area contributed by atoms with Crippen LogP contribution in [0.15, 0.2) is 24.3 Å². The highest BCUT2D eigenvalue weighted by Crippen LogP contribution is 2.19. The Morgan fingerprint density at radius 2 is 1.68 bits per heavy atom. The minimum absolute atomic E-state index is 0.0874. The lowest BCUT2D eigenvalue weighted by atomic mass is 10.0. The average molecular weight is 265 g/mol. The van der Waals surface area contributed by atoms with Gasteiger partial charge in [-0.1, -0.05) is 0 Å². The fourth-order valence-electron chi connectivity index (χ4n) is 1.71. The summed E-state index contributed by atoms with van der Waals surface area (Å²) in [6.07, 6.45) is -0.0961. The van der Waals surface area contributed by atoms with Crippen LogP contribution in [0.1, 0.15) is 37.6 Å². The lowest BCUT2D eigenvalue weighted by Gasteiger charge is -2.35. The van der Waals surface area contributed by atoms with Crippen LogP contribution >= 0.6 is 0 Å². The zero-order chi connectivity index (χ0) is 14.6. The summed E-state index contributed by atoms with van der Waals surface area (Å²) in [5, 5.41) is 18.0. The first-order chi connectivity index (χ1) is 8.71. The van der Waals surface area contributed by atoms with E-state index in [2.05, 4.69) is 0 Å². The van der Waals surface area contributed by atoms with Crippen molar-refractivity contribution in [1.82, 2.24) is 4.90 Å². The molecule has 0 saturated carbocycles. The lowest BCUT2D eigenvalue weighted by Crippen LogP contribution is -2.46. The molecule has 0 fully saturated rings. The van der Waals surface area contributed by atoms with Crippen molar-refractivity contribution in [2.75, 3.05) is 6.54 Å². The number of amides is 1. The van der Waals surface area contributed by atoms with Gasteiger partial charge >= 0.3 is 5.97 Å². The van der Waals surface area contributed by atoms with E-state index >= 15 is 0 Å². The predicted octanol–water partition coefficient (Wildman–Crippen LogP) is 2.11. The number of carbonyl (C=O) groups excluding carboxylic acids is 1. The highest BCUT2D eigenvalue weighted by molar-refractivity contribution is 5.95. The van der Waals surface area contributed by atoms with Crippen molar-refractivity contribution in [3.05, 3.63) is 29.8 Å². The number of hydrogen-bond acceptors (Lipinski definition) is 3. The number of hydrogen-bond donors (Lipinski definition) is 2. The third-order valence-electron chi connectivity index (χ3n) is 2.72. The molecular formula is C14H19NO4. The van der Waals surface area contributed by atoms with Gasteiger partial charge in [-0.3, -0.25) is 9.59 Å². The smallest absolute Gasteiger partial charge is 0.305 e. The molecule has 0 unspecified atom stereocenters. The van der Waals surface area contributed by atoms with Crippen LogP contribution in [-0.2, 0) is 4.79 Å². The lowest BCUT2D eigenvalue weighted by molar-refractivity contribution is -0.137. The van der Waals surface area contributed by atoms with Crippen LogP contribution in [0.4, 0.5) is 0 Å². The summed E-state index contributed by atoms with van der Waals surface area (Å²) in [5.41, 5.74) is -0.0390. The number of phenolic OH excluding ortho intramolecular Hbond substituents is 1. The molecule has 1 rings (SSSR count). The third kappa shape index (κ3) is 4.28. The summed E-state index contributed by atoms with van der Waals surface area (Å²) >= 11 is 0. The summed E-state index contributed by atoms with van der Waals surface area (Å²) in [7, 11) is 0. The number of carbonyl (C=O) groups is 2. The van der Waals surface area contributed by atoms with Crippen molar-refractivity contribution in [3.8, 4) is 5.75 Å². The van der Waals surface area contributed by atoms with Gasteiger partial charge in [0.2, 0.25) is 0 Å². The van der Waals surface area contributed by atoms with Crippen LogP contribution in [0.5, 0.6) is 5.75 Å². The van der Waals surface area contributed by atoms with Gasteiger partial charge < -0.3 is 15.1 Å². The van der Waals surface area contributed by atoms with Gasteiger partial charge in [-0.15, -0.1) is 0 Å². The molecule has 1 amide bonds. The topological polar surface area (TPSA) is 77.8 Å². The van der Waals surface area contributed by atoms with Gasteiger partial charge in [-0.05, 0) is 45.0 Å². The highest BCUT2D eigenvalue weighted by atomic mass is 16.4. The molecule has 5 heteroatoms. The maximum absolute atomic E-state index is 12.4. The first kappa shape index (κ1) is 15.0. The average Bonchev–Trinajstić information content (AvgIpc) is 2.27. The first-order valence-corrected chi connectivity index (χ1v) is 6.04. The Labute approximate surface area is 112 Å². The van der Waals surface area contributed by atoms with Crippen LogP contribution in [0.2, 0.25) is 0 Å². The van der Waals surface area contributed by atoms with Gasteiger partial charge in [-0.2, -0.15) is 0 Å². The third-order valence-corrected chi connectivity index (χ3v) is 2.72. The van der Waals surface area contributed by atoms with E-state index in [4.69, 9.17) is 5.11 Å². The summed E-state index contributed by atoms with van der Waals surface area (Å²) in [5.74, 6) is -1.09. The van der Waals surface area contributed by atoms with Gasteiger partial charge in [0.25, 0.3) is 5.91 Å². The van der Waals surface area contributed by atoms with E-state index in [1.165, 1.54) is 29.2 Å². The Hall–Kier alpha value is -2.04. The number of benzene rings is 1. The molecule has 0 aromatic heterocycles. The van der Waals surface area contributed by atoms with E-state index in [9.17, 15) is 14.7 Å². The zero-order valence-electron chi connectivity index (χ0n) is 11.4. The Morgan fingerprint density at radius 3 is 2.11 bits per heavy atom. The van der Waals surface area contributed by atoms with Crippen molar-refractivity contribution < 1.29 is 19.8 Å². The Balaban J connectivity index is 2.94. The van der Waals surface area contributed by atoms with Crippen LogP contribution in [0.3, 0.4) is 0 Å². The Morgan fingerprint density at radius 1 is 1.16 bits per heavy atom. The quantitative estimate of drug-likeness (QED) is 0.874. The normalized spacial score (nSPS) is 11.1. The molecule has 0 aliphatic rings. The van der Waals surface area contributed by atoms with E-state index in [1.54, 1.807) is 0 Å². The van der Waals surface area contributed by atoms with Crippen molar-refractivity contribution >= 4 is 11.9 Å². The second-order valence-corrected chi connectivity index (χ2v) is 5.32. The molecule has 1 aromatic carbocycles. The standard InChI is InChI=1S/C14H19NO4/c1-14(2,3)15(9-8-12(17)18)13(19)10-4-6-11(16)7-5-10/h4-7,16H,8-9H2,1-3H3,(H,17,18). The number of nitrogens with zero attached hydrogens (tertiary/aromatic N) is 1. The van der Waals surface area contributed by atoms with Crippen molar-refractivity contribution in [1.29, 1.82) is 0 Å². The number of aliphatic carboxylic acids is 1. The predicted molar refractivity (Wildman–Crippen MR) is 71.1 cm³/mol. The Bertz CT molecular complexity index is 459. The van der Waals surface area contributed by atoms with Crippen LogP contribution in [0, 0.1) is 0 Å². The minimum Gasteiger partial charge on any atom is -0.508 e. The van der Waals surface area contributed by atoms with E-state index in [0.717, 1.165) is 0 Å². The molecule has 0 aliphatic carbocycles. The molecule has 104 valence electrons. The molecule has 0 bridgehead atoms. The SMILES string of the molecule is CC(C)(C)N(CCC(=O)O)C(=O)c1ccc(O)cc1. The van der Waals surface area contributed by atoms with Crippen molar-refractivity contribution in [3.63, 3.8) is 0 Å². The highest BCUT2D eigenvalue weighted by Gasteiger charge is 2.27. The molecule has 0 heterocycles. The molecule has 0 spiro atoms. The number of carboxylic acids is 1. The van der Waals surface area contributed by atoms with E-state index < -0.39 is 11.5 Å². The van der Waals surface area contributed by atoms with Gasteiger partial charge in [-0.25, -0.2) is 0 Å². The zero-order valence-corrected chi connectivity index (χ0v) is 11.4. The van der Waals surface area contributed by atoms with Crippen LogP contribution < -0.4 is 0 Å². The number of rotatable bonds is 4. The molecule has 5 nitrogen and oxygen atoms in total. The van der Waals surface area contributed by atoms with Crippen LogP contribution in [-0.4, -0.2) is 39.1 Å². The summed E-state index contributed by atoms with van der Waals surface area (Å²) in [6.45, 7) is 5.71. The second-order valence-electron chi connectivity index (χ2n) is 5.32. The molecule has 0 atom stereocenters. The van der Waals surface area contributed by atoms with E-state index in [0.29, 0.717) is 5.56 Å². The molecule has 0 saturated heterocycles. The molecule has 0 radical (unpaired) electrons. The number of aromatic hydroxyl groups is 1. The van der Waals surface area contributed by atoms with Gasteiger partial charge in [0.15, 0.2) is 0 Å². The maximum Gasteiger partial charge on any atom is 0.305 e. The first-order valence-electron chi connectivity index (χ1n) is 6.04. The van der Waals surface area contributed by atoms with Crippen LogP contribution in [0.25, 0.3) is 0 Å². The molecule has 1 aromatic rings. The fraction of sp³-hybridized carbons (Fsp3) is 0.429. The molecule has 0 aliphatic heterocycles. The summed E-state index contributed by atoms with van der Waals surface area (Å²) in [4.78, 5) is 24.6. The monoisotopic (exact) mass is 265 g/mol. The van der Waals surface area contributed by atoms with Gasteiger partial charge in [0, 0.05) is 17.6 Å². The molecular weight excluding hydrogens is 246 g/mol. The van der Waals surface area contributed by atoms with Gasteiger partial charge in [0.1, 0.15) is 5.75 Å². The molecule has 2 N–H and O–H groups in total. The minimum atomic E-state index is -0.937. The van der Waals surface area contributed by atoms with E-state index in [1.807, 2.05) is 20.8 Å². The summed E-state index contributed by atoms with van der Waals surface area (Å²) < 4.78 is 0. The number of phenols is 1. The molecule has 19 heavy (non-hydrogen) atoms. The summed E-state index contributed by atoms with van der Waals surface area (Å²) in [6, 6.07) is 5.92. The van der Waals surface area contributed by atoms with Crippen molar-refractivity contribution in [2.24, 2.45) is 0 Å². The number of carboxylic acid groups (broad SMARTS) is 1. The fourth-order valence-corrected chi connectivity index (χ4v) is 1.71. The van der Waals surface area contributed by atoms with Gasteiger partial charge in [0.05, 0.1) is 6.42 Å². The Kier molecular flexibility index (Phi) is 4.53. The largest absolute Gasteiger partial charge is 0.508 e. The van der Waals surface area contributed by atoms with E-state index in [-0.39, 0.29) is 24.6 Å². The van der Waals surface area contributed by atoms with Crippen molar-refractivity contribution in [2.45, 2.75) is 32.7 Å². The maximum atomic E-state index is 12.4. The second kappa shape index (κ2) is 5.73.